The van der Waals surface area contributed by atoms with Crippen LogP contribution in [-0.2, 0) is 7.05 Å². The van der Waals surface area contributed by atoms with Crippen molar-refractivity contribution in [2.75, 3.05) is 0 Å². The Morgan fingerprint density at radius 2 is 2.13 bits per heavy atom. The van der Waals surface area contributed by atoms with Gasteiger partial charge in [-0.3, -0.25) is 0 Å². The molecule has 0 spiro atoms. The second kappa shape index (κ2) is 4.59. The van der Waals surface area contributed by atoms with Crippen molar-refractivity contribution < 1.29 is 32.5 Å². The molecule has 0 radical (unpaired) electrons. The van der Waals surface area contributed by atoms with E-state index in [-0.39, 0.29) is 49.3 Å². The molecule has 80 valence electrons. The first kappa shape index (κ1) is 12.6. The molecule has 0 bridgehead atoms. The molecular weight excluding hydrogens is 374 g/mol. The average Bonchev–Trinajstić information content (AvgIpc) is 2.42. The summed E-state index contributed by atoms with van der Waals surface area (Å²) in [7, 11) is 2.02. The molecule has 1 aromatic carbocycles. The Morgan fingerprint density at radius 3 is 2.73 bits per heavy atom. The van der Waals surface area contributed by atoms with Crippen LogP contribution in [-0.4, -0.2) is 19.7 Å². The molecule has 0 aliphatic carbocycles. The third kappa shape index (κ3) is 2.21. The van der Waals surface area contributed by atoms with Crippen LogP contribution in [0.4, 0.5) is 5.69 Å². The van der Waals surface area contributed by atoms with Gasteiger partial charge in [0.25, 0.3) is 0 Å². The van der Waals surface area contributed by atoms with E-state index >= 15 is 0 Å². The summed E-state index contributed by atoms with van der Waals surface area (Å²) in [5.74, 6) is 0. The summed E-state index contributed by atoms with van der Waals surface area (Å²) in [4.78, 5) is 10.2. The number of fused-ring (bicyclic) bond motifs is 1. The van der Waals surface area contributed by atoms with E-state index < -0.39 is 0 Å². The third-order valence-electron chi connectivity index (χ3n) is 2.27. The minimum atomic E-state index is -0.343. The van der Waals surface area contributed by atoms with Crippen molar-refractivity contribution in [1.82, 2.24) is 0 Å². The molecule has 0 aliphatic heterocycles. The quantitative estimate of drug-likeness (QED) is 0.246. The van der Waals surface area contributed by atoms with Crippen LogP contribution in [0, 0.1) is 17.0 Å². The van der Waals surface area contributed by atoms with Crippen molar-refractivity contribution in [2.24, 2.45) is 7.05 Å². The molecule has 1 heterocycles. The molecule has 6 heteroatoms. The first-order valence-electron chi connectivity index (χ1n) is 4.13. The number of non-ortho nitro benzene ring substituents is 1. The van der Waals surface area contributed by atoms with Gasteiger partial charge in [0, 0.05) is 0 Å². The van der Waals surface area contributed by atoms with Crippen molar-refractivity contribution in [3.8, 4) is 0 Å². The molecular formula is C9H9IN2O2Se. The van der Waals surface area contributed by atoms with Crippen LogP contribution >= 0.6 is 0 Å². The molecule has 0 aliphatic rings. The maximum Gasteiger partial charge on any atom is -1.00 e. The zero-order valence-electron chi connectivity index (χ0n) is 8.23. The Balaban J connectivity index is 0.00000112. The first-order valence-corrected chi connectivity index (χ1v) is 5.76. The van der Waals surface area contributed by atoms with Gasteiger partial charge in [-0.25, -0.2) is 0 Å². The Kier molecular flexibility index (Phi) is 3.86. The minimum Gasteiger partial charge on any atom is -1.00 e. The zero-order valence-corrected chi connectivity index (χ0v) is 12.1. The Morgan fingerprint density at radius 1 is 1.47 bits per heavy atom. The predicted molar refractivity (Wildman–Crippen MR) is 53.5 cm³/mol. The third-order valence-corrected chi connectivity index (χ3v) is 4.54. The second-order valence-corrected chi connectivity index (χ2v) is 5.57. The van der Waals surface area contributed by atoms with Gasteiger partial charge in [-0.05, 0) is 0 Å². The van der Waals surface area contributed by atoms with Gasteiger partial charge >= 0.3 is 86.5 Å². The molecule has 0 unspecified atom stereocenters. The number of aryl methyl sites for hydroxylation is 2. The van der Waals surface area contributed by atoms with E-state index in [1.54, 1.807) is 12.1 Å². The van der Waals surface area contributed by atoms with E-state index in [1.807, 2.05) is 20.0 Å². The van der Waals surface area contributed by atoms with Gasteiger partial charge < -0.3 is 24.0 Å². The Labute approximate surface area is 110 Å². The molecule has 0 fully saturated rings. The fourth-order valence-electron chi connectivity index (χ4n) is 1.38. The molecule has 15 heavy (non-hydrogen) atoms. The van der Waals surface area contributed by atoms with Gasteiger partial charge in [0.15, 0.2) is 0 Å². The Bertz CT molecular complexity index is 524. The molecule has 2 rings (SSSR count). The fraction of sp³-hybridized carbons (Fsp3) is 0.222. The number of aromatic nitrogens is 1. The van der Waals surface area contributed by atoms with Crippen LogP contribution in [0.5, 0.6) is 0 Å². The molecule has 0 saturated heterocycles. The van der Waals surface area contributed by atoms with Crippen molar-refractivity contribution in [1.29, 1.82) is 0 Å². The summed E-state index contributed by atoms with van der Waals surface area (Å²) in [6, 6.07) is 5.09. The van der Waals surface area contributed by atoms with Crippen LogP contribution in [0.15, 0.2) is 18.2 Å². The van der Waals surface area contributed by atoms with E-state index in [0.29, 0.717) is 0 Å². The molecule has 4 nitrogen and oxygen atoms in total. The number of hydrogen-bond acceptors (Lipinski definition) is 2. The summed E-state index contributed by atoms with van der Waals surface area (Å²) in [5, 5.41) is 11.7. The summed E-state index contributed by atoms with van der Waals surface area (Å²) >= 11 is 0.200. The molecule has 0 saturated carbocycles. The van der Waals surface area contributed by atoms with E-state index in [4.69, 9.17) is 0 Å². The van der Waals surface area contributed by atoms with Crippen molar-refractivity contribution >= 4 is 30.1 Å². The largest absolute Gasteiger partial charge is 1.00 e. The van der Waals surface area contributed by atoms with E-state index in [1.165, 1.54) is 5.69 Å². The number of nitrogens with zero attached hydrogens (tertiary/aromatic N) is 2. The SMILES string of the molecule is Cc1c2ccc([N+](=O)[O-])cc2[se][n+]1C.[I-]. The van der Waals surface area contributed by atoms with Gasteiger partial charge in [-0.15, -0.1) is 0 Å². The topological polar surface area (TPSA) is 47.0 Å². The van der Waals surface area contributed by atoms with Crippen molar-refractivity contribution in [2.45, 2.75) is 6.92 Å². The predicted octanol–water partition coefficient (Wildman–Crippen LogP) is -2.06. The van der Waals surface area contributed by atoms with E-state index in [2.05, 4.69) is 3.56 Å². The summed E-state index contributed by atoms with van der Waals surface area (Å²) < 4.78 is 3.26. The number of halogens is 1. The van der Waals surface area contributed by atoms with Crippen molar-refractivity contribution in [3.05, 3.63) is 34.0 Å². The Hall–Kier alpha value is -0.461. The maximum absolute atomic E-state index is 10.6. The minimum absolute atomic E-state index is 0. The second-order valence-electron chi connectivity index (χ2n) is 3.11. The zero-order chi connectivity index (χ0) is 10.3. The summed E-state index contributed by atoms with van der Waals surface area (Å²) in [5.41, 5.74) is 1.39. The van der Waals surface area contributed by atoms with Crippen LogP contribution < -0.4 is 27.5 Å². The van der Waals surface area contributed by atoms with Crippen LogP contribution in [0.3, 0.4) is 0 Å². The normalized spacial score (nSPS) is 10.0. The van der Waals surface area contributed by atoms with Crippen molar-refractivity contribution in [3.63, 3.8) is 0 Å². The number of rotatable bonds is 1. The van der Waals surface area contributed by atoms with Gasteiger partial charge in [0.2, 0.25) is 0 Å². The monoisotopic (exact) mass is 384 g/mol. The van der Waals surface area contributed by atoms with Gasteiger partial charge in [0.1, 0.15) is 0 Å². The number of benzene rings is 1. The molecule has 0 N–H and O–H groups in total. The van der Waals surface area contributed by atoms with Crippen LogP contribution in [0.1, 0.15) is 5.69 Å². The van der Waals surface area contributed by atoms with E-state index in [0.717, 1.165) is 9.65 Å². The number of nitro groups is 1. The first-order chi connectivity index (χ1) is 6.59. The molecule has 2 aromatic rings. The number of hydrogen-bond donors (Lipinski definition) is 0. The van der Waals surface area contributed by atoms with Gasteiger partial charge in [-0.1, -0.05) is 0 Å². The van der Waals surface area contributed by atoms with Gasteiger partial charge in [-0.2, -0.15) is 0 Å². The summed E-state index contributed by atoms with van der Waals surface area (Å²) in [6.07, 6.45) is 0. The molecule has 0 amide bonds. The van der Waals surface area contributed by atoms with Crippen LogP contribution in [0.25, 0.3) is 9.65 Å². The van der Waals surface area contributed by atoms with E-state index in [9.17, 15) is 10.1 Å². The molecule has 1 aromatic heterocycles. The van der Waals surface area contributed by atoms with Gasteiger partial charge in [0.05, 0.1) is 0 Å². The van der Waals surface area contributed by atoms with Crippen LogP contribution in [0.2, 0.25) is 0 Å². The average molecular weight is 383 g/mol. The number of nitro benzene ring substituents is 1. The fourth-order valence-corrected chi connectivity index (χ4v) is 3.52. The smallest absolute Gasteiger partial charge is 1.00 e. The molecule has 0 atom stereocenters. The summed E-state index contributed by atoms with van der Waals surface area (Å²) in [6.45, 7) is 2.04. The maximum atomic E-state index is 10.6. The standard InChI is InChI=1S/C9H9N2O2Se.HI/c1-6-8-4-3-7(11(12)13)5-9(8)14-10(6)2;/h3-5H,1-2H3;1H/q+1;/p-1.